The molecule has 2 rings (SSSR count). The summed E-state index contributed by atoms with van der Waals surface area (Å²) >= 11 is 0. The number of ether oxygens (including phenoxy) is 1. The molecule has 0 aliphatic heterocycles. The fourth-order valence-electron chi connectivity index (χ4n) is 3.77. The molecule has 0 radical (unpaired) electrons. The van der Waals surface area contributed by atoms with Gasteiger partial charge >= 0.3 is 0 Å². The second-order valence-corrected chi connectivity index (χ2v) is 11.2. The van der Waals surface area contributed by atoms with Gasteiger partial charge in [0.1, 0.15) is 5.75 Å². The molecule has 0 unspecified atom stereocenters. The molecular formula is C26H38N4O5S. The zero-order chi connectivity index (χ0) is 27.0. The Morgan fingerprint density at radius 3 is 2.03 bits per heavy atom. The maximum Gasteiger partial charge on any atom is 0.243 e. The molecule has 2 amide bonds. The number of carbonyl (C=O) groups excluding carboxylic acids is 2. The molecule has 0 saturated carbocycles. The zero-order valence-corrected chi connectivity index (χ0v) is 23.1. The molecule has 0 aliphatic carbocycles. The number of nitrogens with zero attached hydrogens (tertiary/aromatic N) is 3. The Morgan fingerprint density at radius 2 is 1.50 bits per heavy atom. The van der Waals surface area contributed by atoms with Crippen LogP contribution in [0.3, 0.4) is 0 Å². The van der Waals surface area contributed by atoms with E-state index in [-0.39, 0.29) is 17.3 Å². The van der Waals surface area contributed by atoms with Gasteiger partial charge in [-0.1, -0.05) is 24.3 Å². The lowest BCUT2D eigenvalue weighted by Crippen LogP contribution is -2.43. The Hall–Kier alpha value is -2.95. The predicted octanol–water partition coefficient (Wildman–Crippen LogP) is 1.81. The average Bonchev–Trinajstić information content (AvgIpc) is 2.81. The van der Waals surface area contributed by atoms with Crippen LogP contribution >= 0.6 is 0 Å². The molecule has 0 aromatic heterocycles. The summed E-state index contributed by atoms with van der Waals surface area (Å²) in [4.78, 5) is 28.7. The van der Waals surface area contributed by atoms with Crippen molar-refractivity contribution in [1.29, 1.82) is 0 Å². The minimum absolute atomic E-state index is 0.141. The van der Waals surface area contributed by atoms with E-state index in [0.717, 1.165) is 22.8 Å². The third-order valence-electron chi connectivity index (χ3n) is 5.86. The highest BCUT2D eigenvalue weighted by Crippen LogP contribution is 2.27. The van der Waals surface area contributed by atoms with Crippen molar-refractivity contribution >= 4 is 21.8 Å². The summed E-state index contributed by atoms with van der Waals surface area (Å²) in [5, 5.41) is 2.53. The lowest BCUT2D eigenvalue weighted by molar-refractivity contribution is -0.132. The fourth-order valence-corrected chi connectivity index (χ4v) is 5.30. The van der Waals surface area contributed by atoms with Crippen LogP contribution in [0.5, 0.6) is 5.75 Å². The summed E-state index contributed by atoms with van der Waals surface area (Å²) in [6, 6.07) is 11.4. The maximum absolute atomic E-state index is 13.1. The van der Waals surface area contributed by atoms with Gasteiger partial charge in [-0.25, -0.2) is 8.42 Å². The average molecular weight is 519 g/mol. The molecule has 0 spiro atoms. The minimum atomic E-state index is -3.91. The monoisotopic (exact) mass is 518 g/mol. The third kappa shape index (κ3) is 8.04. The van der Waals surface area contributed by atoms with Crippen molar-refractivity contribution in [2.75, 3.05) is 54.9 Å². The van der Waals surface area contributed by atoms with E-state index in [2.05, 4.69) is 22.3 Å². The standard InChI is InChI=1S/C26H38N4O5S/c1-19-14-23(35-7)15-20(2)26(19)36(33,34)30(6)18-24(31)27-16-25(32)29(5)17-22-10-8-21(9-11-22)12-13-28(3)4/h8-11,14-15H,12-13,16-18H2,1-7H3,(H,27,31). The number of likely N-dealkylation sites (N-methyl/N-ethyl adjacent to an activating group) is 3. The molecule has 2 aromatic carbocycles. The number of nitrogens with one attached hydrogen (secondary N) is 1. The SMILES string of the molecule is COc1cc(C)c(S(=O)(=O)N(C)CC(=O)NCC(=O)N(C)Cc2ccc(CCN(C)C)cc2)c(C)c1. The highest BCUT2D eigenvalue weighted by molar-refractivity contribution is 7.89. The second-order valence-electron chi connectivity index (χ2n) is 9.25. The molecule has 36 heavy (non-hydrogen) atoms. The number of amides is 2. The smallest absolute Gasteiger partial charge is 0.243 e. The number of hydrogen-bond acceptors (Lipinski definition) is 6. The van der Waals surface area contributed by atoms with Gasteiger partial charge in [-0.2, -0.15) is 4.31 Å². The van der Waals surface area contributed by atoms with Crippen molar-refractivity contribution in [2.24, 2.45) is 0 Å². The number of carbonyl (C=O) groups is 2. The predicted molar refractivity (Wildman–Crippen MR) is 140 cm³/mol. The van der Waals surface area contributed by atoms with Crippen molar-refractivity contribution in [3.8, 4) is 5.75 Å². The van der Waals surface area contributed by atoms with E-state index >= 15 is 0 Å². The second kappa shape index (κ2) is 12.8. The van der Waals surface area contributed by atoms with E-state index < -0.39 is 22.5 Å². The van der Waals surface area contributed by atoms with Crippen molar-refractivity contribution in [3.05, 3.63) is 58.7 Å². The van der Waals surface area contributed by atoms with Gasteiger partial charge in [-0.15, -0.1) is 0 Å². The van der Waals surface area contributed by atoms with Crippen molar-refractivity contribution < 1.29 is 22.7 Å². The Kier molecular flexibility index (Phi) is 10.4. The van der Waals surface area contributed by atoms with Crippen molar-refractivity contribution in [1.82, 2.24) is 19.4 Å². The first-order valence-corrected chi connectivity index (χ1v) is 13.1. The number of aryl methyl sites for hydroxylation is 2. The molecule has 0 aliphatic rings. The van der Waals surface area contributed by atoms with Gasteiger partial charge in [-0.05, 0) is 68.8 Å². The first-order valence-electron chi connectivity index (χ1n) is 11.7. The van der Waals surface area contributed by atoms with Crippen LogP contribution in [0, 0.1) is 13.8 Å². The molecule has 1 N–H and O–H groups in total. The van der Waals surface area contributed by atoms with Crippen LogP contribution in [0.15, 0.2) is 41.3 Å². The number of sulfonamides is 1. The first-order chi connectivity index (χ1) is 16.8. The van der Waals surface area contributed by atoms with Crippen molar-refractivity contribution in [2.45, 2.75) is 31.7 Å². The highest BCUT2D eigenvalue weighted by Gasteiger charge is 2.27. The molecule has 0 bridgehead atoms. The van der Waals surface area contributed by atoms with E-state index in [4.69, 9.17) is 4.74 Å². The summed E-state index contributed by atoms with van der Waals surface area (Å²) in [6.45, 7) is 4.12. The van der Waals surface area contributed by atoms with E-state index in [9.17, 15) is 18.0 Å². The summed E-state index contributed by atoms with van der Waals surface area (Å²) in [7, 11) is 4.68. The minimum Gasteiger partial charge on any atom is -0.497 e. The molecule has 0 saturated heterocycles. The van der Waals surface area contributed by atoms with E-state index in [0.29, 0.717) is 23.4 Å². The zero-order valence-electron chi connectivity index (χ0n) is 22.3. The quantitative estimate of drug-likeness (QED) is 0.460. The topological polar surface area (TPSA) is 99.3 Å². The van der Waals surface area contributed by atoms with Gasteiger partial charge in [0.2, 0.25) is 21.8 Å². The Balaban J connectivity index is 1.90. The van der Waals surface area contributed by atoms with Crippen molar-refractivity contribution in [3.63, 3.8) is 0 Å². The Labute approximate surface area is 215 Å². The van der Waals surface area contributed by atoms with E-state index in [1.807, 2.05) is 26.2 Å². The molecule has 0 fully saturated rings. The van der Waals surface area contributed by atoms with Gasteiger partial charge < -0.3 is 19.9 Å². The normalized spacial score (nSPS) is 11.6. The highest BCUT2D eigenvalue weighted by atomic mass is 32.2. The summed E-state index contributed by atoms with van der Waals surface area (Å²) < 4.78 is 32.3. The maximum atomic E-state index is 13.1. The Morgan fingerprint density at radius 1 is 0.944 bits per heavy atom. The molecule has 0 atom stereocenters. The van der Waals surface area contributed by atoms with Gasteiger partial charge in [0, 0.05) is 27.2 Å². The van der Waals surface area contributed by atoms with Gasteiger partial charge in [-0.3, -0.25) is 9.59 Å². The number of methoxy groups -OCH3 is 1. The van der Waals surface area contributed by atoms with Crippen LogP contribution in [0.1, 0.15) is 22.3 Å². The van der Waals surface area contributed by atoms with Crippen LogP contribution in [-0.4, -0.2) is 89.3 Å². The lowest BCUT2D eigenvalue weighted by atomic mass is 10.1. The molecule has 9 nitrogen and oxygen atoms in total. The van der Waals surface area contributed by atoms with Gasteiger partial charge in [0.15, 0.2) is 0 Å². The molecule has 198 valence electrons. The van der Waals surface area contributed by atoms with Crippen LogP contribution < -0.4 is 10.1 Å². The number of hydrogen-bond donors (Lipinski definition) is 1. The first kappa shape index (κ1) is 29.3. The summed E-state index contributed by atoms with van der Waals surface area (Å²) in [6.07, 6.45) is 0.954. The summed E-state index contributed by atoms with van der Waals surface area (Å²) in [5.74, 6) is -0.267. The van der Waals surface area contributed by atoms with Gasteiger partial charge in [0.05, 0.1) is 25.1 Å². The van der Waals surface area contributed by atoms with E-state index in [1.54, 1.807) is 33.0 Å². The largest absolute Gasteiger partial charge is 0.497 e. The van der Waals surface area contributed by atoms with Crippen LogP contribution in [0.4, 0.5) is 0 Å². The van der Waals surface area contributed by atoms with Crippen LogP contribution in [-0.2, 0) is 32.6 Å². The van der Waals surface area contributed by atoms with Gasteiger partial charge in [0.25, 0.3) is 0 Å². The number of benzene rings is 2. The molecular weight excluding hydrogens is 480 g/mol. The summed E-state index contributed by atoms with van der Waals surface area (Å²) in [5.41, 5.74) is 3.28. The third-order valence-corrected chi connectivity index (χ3v) is 7.97. The Bertz CT molecular complexity index is 1140. The molecule has 0 heterocycles. The number of rotatable bonds is 12. The van der Waals surface area contributed by atoms with E-state index in [1.165, 1.54) is 24.6 Å². The molecule has 2 aromatic rings. The van der Waals surface area contributed by atoms with Crippen LogP contribution in [0.25, 0.3) is 0 Å². The lowest BCUT2D eigenvalue weighted by Gasteiger charge is -2.21. The molecule has 10 heteroatoms. The van der Waals surface area contributed by atoms with Crippen LogP contribution in [0.2, 0.25) is 0 Å². The fraction of sp³-hybridized carbons (Fsp3) is 0.462.